The number of fused-ring (bicyclic) bond motifs is 1. The predicted molar refractivity (Wildman–Crippen MR) is 128 cm³/mol. The number of carbonyl (C=O) groups is 1. The number of rotatable bonds is 5. The molecule has 0 radical (unpaired) electrons. The van der Waals surface area contributed by atoms with Crippen LogP contribution < -0.4 is 10.1 Å². The van der Waals surface area contributed by atoms with Crippen LogP contribution in [0.5, 0.6) is 5.75 Å². The first-order chi connectivity index (χ1) is 16.3. The van der Waals surface area contributed by atoms with Crippen LogP contribution in [-0.4, -0.2) is 29.0 Å². The number of halogens is 3. The van der Waals surface area contributed by atoms with Crippen LogP contribution in [0.25, 0.3) is 11.0 Å². The number of benzene rings is 2. The van der Waals surface area contributed by atoms with Gasteiger partial charge in [0.25, 0.3) is 0 Å². The molecule has 1 aliphatic rings. The van der Waals surface area contributed by atoms with Crippen molar-refractivity contribution in [3.8, 4) is 5.75 Å². The fourth-order valence-electron chi connectivity index (χ4n) is 5.39. The molecule has 3 aromatic rings. The number of hydrogen-bond donors (Lipinski definition) is 1. The molecule has 2 atom stereocenters. The molecule has 2 aromatic carbocycles. The molecule has 188 valence electrons. The van der Waals surface area contributed by atoms with Gasteiger partial charge in [-0.25, -0.2) is 9.78 Å². The van der Waals surface area contributed by atoms with Crippen LogP contribution in [0, 0.1) is 18.3 Å². The van der Waals surface area contributed by atoms with E-state index in [9.17, 15) is 18.0 Å². The Morgan fingerprint density at radius 3 is 2.46 bits per heavy atom. The second-order valence-corrected chi connectivity index (χ2v) is 10.2. The number of aryl methyl sites for hydroxylation is 1. The van der Waals surface area contributed by atoms with E-state index in [0.717, 1.165) is 30.3 Å². The van der Waals surface area contributed by atoms with E-state index >= 15 is 0 Å². The second kappa shape index (κ2) is 9.09. The minimum atomic E-state index is -4.75. The van der Waals surface area contributed by atoms with E-state index in [1.54, 1.807) is 6.07 Å². The smallest absolute Gasteiger partial charge is 0.465 e. The van der Waals surface area contributed by atoms with Crippen LogP contribution in [-0.2, 0) is 4.74 Å². The van der Waals surface area contributed by atoms with Gasteiger partial charge in [-0.2, -0.15) is 0 Å². The number of methoxy groups -OCH3 is 1. The summed E-state index contributed by atoms with van der Waals surface area (Å²) in [4.78, 5) is 17.0. The van der Waals surface area contributed by atoms with Crippen molar-refractivity contribution in [2.75, 3.05) is 12.4 Å². The maximum absolute atomic E-state index is 12.5. The minimum absolute atomic E-state index is 0.147. The van der Waals surface area contributed by atoms with Gasteiger partial charge in [-0.15, -0.1) is 13.2 Å². The van der Waals surface area contributed by atoms with Gasteiger partial charge in [0.2, 0.25) is 5.95 Å². The number of carbonyl (C=O) groups excluding carboxylic acids is 1. The van der Waals surface area contributed by atoms with E-state index in [-0.39, 0.29) is 17.2 Å². The Labute approximate surface area is 202 Å². The number of hydrogen-bond acceptors (Lipinski definition) is 5. The quantitative estimate of drug-likeness (QED) is 0.385. The van der Waals surface area contributed by atoms with Gasteiger partial charge >= 0.3 is 12.3 Å². The van der Waals surface area contributed by atoms with Gasteiger partial charge in [0.15, 0.2) is 0 Å². The first kappa shape index (κ1) is 24.9. The molecule has 1 heterocycles. The molecule has 1 fully saturated rings. The zero-order valence-corrected chi connectivity index (χ0v) is 20.5. The number of anilines is 2. The zero-order valence-electron chi connectivity index (χ0n) is 20.5. The average Bonchev–Trinajstić information content (AvgIpc) is 3.08. The lowest BCUT2D eigenvalue weighted by atomic mass is 9.70. The lowest BCUT2D eigenvalue weighted by Gasteiger charge is -2.40. The first-order valence-electron chi connectivity index (χ1n) is 11.6. The molecule has 0 aliphatic heterocycles. The summed E-state index contributed by atoms with van der Waals surface area (Å²) in [5.41, 5.74) is 3.49. The third-order valence-electron chi connectivity index (χ3n) is 6.51. The number of alkyl halides is 3. The highest BCUT2D eigenvalue weighted by Crippen LogP contribution is 2.46. The Morgan fingerprint density at radius 2 is 1.86 bits per heavy atom. The number of ether oxygens (including phenoxy) is 2. The molecule has 4 rings (SSSR count). The molecular weight excluding hydrogens is 459 g/mol. The van der Waals surface area contributed by atoms with Crippen molar-refractivity contribution in [2.45, 2.75) is 59.4 Å². The molecule has 2 unspecified atom stereocenters. The van der Waals surface area contributed by atoms with Crippen molar-refractivity contribution < 1.29 is 27.4 Å². The van der Waals surface area contributed by atoms with Crippen LogP contribution >= 0.6 is 0 Å². The lowest BCUT2D eigenvalue weighted by Crippen LogP contribution is -2.29. The van der Waals surface area contributed by atoms with E-state index in [0.29, 0.717) is 28.6 Å². The Kier molecular flexibility index (Phi) is 6.46. The second-order valence-electron chi connectivity index (χ2n) is 10.2. The SMILES string of the molecule is COC(=O)c1cc2nc(Nc3ccc(OC(F)(F)F)cc3)n(C3CC(C)CC(C)(C)C3)c2cc1C. The summed E-state index contributed by atoms with van der Waals surface area (Å²) in [6, 6.07) is 9.40. The molecule has 9 heteroatoms. The van der Waals surface area contributed by atoms with Crippen molar-refractivity contribution in [1.29, 1.82) is 0 Å². The van der Waals surface area contributed by atoms with Gasteiger partial charge in [0.05, 0.1) is 23.7 Å². The molecule has 0 spiro atoms. The van der Waals surface area contributed by atoms with Crippen LogP contribution in [0.1, 0.15) is 62.0 Å². The monoisotopic (exact) mass is 489 g/mol. The van der Waals surface area contributed by atoms with E-state index in [4.69, 9.17) is 9.72 Å². The predicted octanol–water partition coefficient (Wildman–Crippen LogP) is 7.16. The molecular formula is C26H30F3N3O3. The van der Waals surface area contributed by atoms with E-state index in [1.807, 2.05) is 13.0 Å². The molecule has 1 N–H and O–H groups in total. The summed E-state index contributed by atoms with van der Waals surface area (Å²) >= 11 is 0. The molecule has 1 aromatic heterocycles. The maximum atomic E-state index is 12.5. The van der Waals surface area contributed by atoms with Crippen LogP contribution in [0.15, 0.2) is 36.4 Å². The van der Waals surface area contributed by atoms with Crippen molar-refractivity contribution in [2.24, 2.45) is 11.3 Å². The molecule has 1 saturated carbocycles. The van der Waals surface area contributed by atoms with Crippen molar-refractivity contribution in [3.05, 3.63) is 47.5 Å². The largest absolute Gasteiger partial charge is 0.573 e. The lowest BCUT2D eigenvalue weighted by molar-refractivity contribution is -0.274. The van der Waals surface area contributed by atoms with E-state index in [2.05, 4.69) is 35.4 Å². The van der Waals surface area contributed by atoms with Gasteiger partial charge in [-0.1, -0.05) is 20.8 Å². The van der Waals surface area contributed by atoms with Gasteiger partial charge in [0, 0.05) is 11.7 Å². The molecule has 0 amide bonds. The number of esters is 1. The van der Waals surface area contributed by atoms with Crippen LogP contribution in [0.3, 0.4) is 0 Å². The van der Waals surface area contributed by atoms with Crippen LogP contribution in [0.2, 0.25) is 0 Å². The van der Waals surface area contributed by atoms with E-state index in [1.165, 1.54) is 31.4 Å². The Balaban J connectivity index is 1.77. The van der Waals surface area contributed by atoms with Gasteiger partial charge in [-0.05, 0) is 79.5 Å². The highest BCUT2D eigenvalue weighted by molar-refractivity contribution is 5.96. The fourth-order valence-corrected chi connectivity index (χ4v) is 5.39. The Morgan fingerprint density at radius 1 is 1.17 bits per heavy atom. The molecule has 0 bridgehead atoms. The van der Waals surface area contributed by atoms with Crippen molar-refractivity contribution in [3.63, 3.8) is 0 Å². The number of aromatic nitrogens is 2. The van der Waals surface area contributed by atoms with Crippen molar-refractivity contribution in [1.82, 2.24) is 9.55 Å². The van der Waals surface area contributed by atoms with Crippen molar-refractivity contribution >= 4 is 28.6 Å². The number of nitrogens with one attached hydrogen (secondary N) is 1. The minimum Gasteiger partial charge on any atom is -0.465 e. The molecule has 1 aliphatic carbocycles. The Hall–Kier alpha value is -3.23. The summed E-state index contributed by atoms with van der Waals surface area (Å²) < 4.78 is 48.6. The summed E-state index contributed by atoms with van der Waals surface area (Å²) in [6.07, 6.45) is -1.69. The van der Waals surface area contributed by atoms with Gasteiger partial charge < -0.3 is 19.4 Å². The molecule has 0 saturated heterocycles. The number of imidazole rings is 1. The van der Waals surface area contributed by atoms with Crippen LogP contribution in [0.4, 0.5) is 24.8 Å². The highest BCUT2D eigenvalue weighted by atomic mass is 19.4. The number of nitrogens with zero attached hydrogens (tertiary/aromatic N) is 2. The first-order valence-corrected chi connectivity index (χ1v) is 11.6. The third-order valence-corrected chi connectivity index (χ3v) is 6.51. The molecule has 35 heavy (non-hydrogen) atoms. The van der Waals surface area contributed by atoms with Gasteiger partial charge in [-0.3, -0.25) is 0 Å². The maximum Gasteiger partial charge on any atom is 0.573 e. The summed E-state index contributed by atoms with van der Waals surface area (Å²) in [7, 11) is 1.34. The normalized spacial score (nSPS) is 20.0. The zero-order chi connectivity index (χ0) is 25.5. The standard InChI is InChI=1S/C26H30F3N3O3/c1-15-10-18(14-25(3,4)13-15)32-22-11-16(2)20(23(33)34-5)12-21(22)31-24(32)30-17-6-8-19(9-7-17)35-26(27,28)29/h6-9,11-12,15,18H,10,13-14H2,1-5H3,(H,30,31). The summed E-state index contributed by atoms with van der Waals surface area (Å²) in [5, 5.41) is 3.27. The highest BCUT2D eigenvalue weighted by Gasteiger charge is 2.35. The molecule has 6 nitrogen and oxygen atoms in total. The summed E-state index contributed by atoms with van der Waals surface area (Å²) in [6.45, 7) is 8.65. The Bertz CT molecular complexity index is 1230. The fraction of sp³-hybridized carbons (Fsp3) is 0.462. The van der Waals surface area contributed by atoms with Gasteiger partial charge in [0.1, 0.15) is 5.75 Å². The third kappa shape index (κ3) is 5.55. The summed E-state index contributed by atoms with van der Waals surface area (Å²) in [5.74, 6) is 0.364. The van der Waals surface area contributed by atoms with E-state index < -0.39 is 12.3 Å². The topological polar surface area (TPSA) is 65.4 Å². The average molecular weight is 490 g/mol.